The highest BCUT2D eigenvalue weighted by molar-refractivity contribution is 5.96. The topological polar surface area (TPSA) is 89.5 Å². The van der Waals surface area contributed by atoms with Gasteiger partial charge in [0.05, 0.1) is 32.8 Å². The van der Waals surface area contributed by atoms with Gasteiger partial charge in [-0.2, -0.15) is 0 Å². The third kappa shape index (κ3) is 7.98. The number of carbonyl (C=O) groups excluding carboxylic acids is 2. The molecule has 1 rings (SSSR count). The van der Waals surface area contributed by atoms with E-state index < -0.39 is 30.1 Å². The van der Waals surface area contributed by atoms with E-state index in [1.54, 1.807) is 39.2 Å². The molecule has 1 aromatic rings. The van der Waals surface area contributed by atoms with Crippen molar-refractivity contribution >= 4 is 11.9 Å². The molecule has 1 unspecified atom stereocenters. The number of ether oxygens (including phenoxy) is 6. The summed E-state index contributed by atoms with van der Waals surface area (Å²) in [7, 11) is 1.55. The summed E-state index contributed by atoms with van der Waals surface area (Å²) in [5.74, 6) is -2.14. The molecular formula is C24H38O8. The second-order valence-corrected chi connectivity index (χ2v) is 7.40. The normalized spacial score (nSPS) is 12.2. The van der Waals surface area contributed by atoms with Crippen LogP contribution in [-0.4, -0.2) is 58.4 Å². The van der Waals surface area contributed by atoms with Crippen LogP contribution >= 0.6 is 0 Å². The minimum atomic E-state index is -1.27. The maximum atomic E-state index is 12.9. The summed E-state index contributed by atoms with van der Waals surface area (Å²) >= 11 is 0. The quantitative estimate of drug-likeness (QED) is 0.224. The van der Waals surface area contributed by atoms with Crippen LogP contribution in [0.1, 0.15) is 53.0 Å². The van der Waals surface area contributed by atoms with Gasteiger partial charge in [-0.05, 0) is 51.3 Å². The predicted octanol–water partition coefficient (Wildman–Crippen LogP) is 3.96. The zero-order valence-electron chi connectivity index (χ0n) is 20.3. The molecule has 0 spiro atoms. The minimum absolute atomic E-state index is 0.126. The van der Waals surface area contributed by atoms with Crippen molar-refractivity contribution in [1.82, 2.24) is 0 Å². The van der Waals surface area contributed by atoms with Crippen LogP contribution in [0.25, 0.3) is 0 Å². The summed E-state index contributed by atoms with van der Waals surface area (Å²) in [5.41, 5.74) is 0.613. The van der Waals surface area contributed by atoms with E-state index >= 15 is 0 Å². The molecule has 0 heterocycles. The van der Waals surface area contributed by atoms with E-state index in [2.05, 4.69) is 0 Å². The third-order valence-corrected chi connectivity index (χ3v) is 4.54. The highest BCUT2D eigenvalue weighted by Crippen LogP contribution is 2.38. The van der Waals surface area contributed by atoms with Crippen LogP contribution in [0.2, 0.25) is 0 Å². The van der Waals surface area contributed by atoms with Crippen molar-refractivity contribution in [2.45, 2.75) is 53.8 Å². The van der Waals surface area contributed by atoms with Crippen LogP contribution in [0.4, 0.5) is 0 Å². The van der Waals surface area contributed by atoms with Crippen molar-refractivity contribution in [3.63, 3.8) is 0 Å². The largest absolute Gasteiger partial charge is 0.493 e. The van der Waals surface area contributed by atoms with Gasteiger partial charge < -0.3 is 28.4 Å². The molecule has 0 saturated heterocycles. The molecule has 0 bridgehead atoms. The van der Waals surface area contributed by atoms with Crippen LogP contribution < -0.4 is 9.47 Å². The standard InChI is InChI=1S/C24H38O8/c1-8-28-22(25)21(23(26)29-9-2)20(24(30-10-3)31-11-4)17-12-13-18(27-7)19(14-17)32-15-16(5)6/h12-14,16,20-21,24H,8-11,15H2,1-7H3. The molecule has 0 aliphatic carbocycles. The van der Waals surface area contributed by atoms with E-state index in [1.165, 1.54) is 0 Å². The number of benzene rings is 1. The van der Waals surface area contributed by atoms with Crippen LogP contribution in [0.3, 0.4) is 0 Å². The Morgan fingerprint density at radius 1 is 0.844 bits per heavy atom. The SMILES string of the molecule is CCOC(=O)C(C(=O)OCC)C(c1ccc(OC)c(OCC(C)C)c1)C(OCC)OCC. The molecule has 182 valence electrons. The Kier molecular flexibility index (Phi) is 12.7. The maximum absolute atomic E-state index is 12.9. The Morgan fingerprint density at radius 2 is 1.41 bits per heavy atom. The Balaban J connectivity index is 3.61. The summed E-state index contributed by atoms with van der Waals surface area (Å²) in [6.45, 7) is 12.5. The van der Waals surface area contributed by atoms with Crippen LogP contribution in [0.15, 0.2) is 18.2 Å². The summed E-state index contributed by atoms with van der Waals surface area (Å²) in [5, 5.41) is 0. The fraction of sp³-hybridized carbons (Fsp3) is 0.667. The first-order valence-electron chi connectivity index (χ1n) is 11.2. The van der Waals surface area contributed by atoms with Crippen LogP contribution in [-0.2, 0) is 28.5 Å². The molecule has 0 aliphatic heterocycles. The van der Waals surface area contributed by atoms with Gasteiger partial charge in [-0.3, -0.25) is 9.59 Å². The van der Waals surface area contributed by atoms with Gasteiger partial charge in [0.1, 0.15) is 0 Å². The highest BCUT2D eigenvalue weighted by Gasteiger charge is 2.44. The second kappa shape index (κ2) is 14.7. The molecular weight excluding hydrogens is 416 g/mol. The molecule has 0 amide bonds. The molecule has 0 saturated carbocycles. The van der Waals surface area contributed by atoms with Crippen molar-refractivity contribution in [1.29, 1.82) is 0 Å². The second-order valence-electron chi connectivity index (χ2n) is 7.40. The first-order valence-corrected chi connectivity index (χ1v) is 11.2. The van der Waals surface area contributed by atoms with Crippen LogP contribution in [0, 0.1) is 11.8 Å². The lowest BCUT2D eigenvalue weighted by Crippen LogP contribution is -2.41. The number of rotatable bonds is 15. The zero-order chi connectivity index (χ0) is 24.1. The number of methoxy groups -OCH3 is 1. The first-order chi connectivity index (χ1) is 15.3. The molecule has 8 heteroatoms. The zero-order valence-corrected chi connectivity index (χ0v) is 20.3. The van der Waals surface area contributed by atoms with E-state index in [0.717, 1.165) is 0 Å². The molecule has 0 fully saturated rings. The number of hydrogen-bond donors (Lipinski definition) is 0. The van der Waals surface area contributed by atoms with Crippen LogP contribution in [0.5, 0.6) is 11.5 Å². The van der Waals surface area contributed by atoms with E-state index in [0.29, 0.717) is 42.8 Å². The van der Waals surface area contributed by atoms with E-state index in [-0.39, 0.29) is 13.2 Å². The lowest BCUT2D eigenvalue weighted by Gasteiger charge is -2.31. The van der Waals surface area contributed by atoms with Crippen molar-refractivity contribution < 1.29 is 38.0 Å². The van der Waals surface area contributed by atoms with Crippen molar-refractivity contribution in [3.05, 3.63) is 23.8 Å². The Bertz CT molecular complexity index is 679. The fourth-order valence-electron chi connectivity index (χ4n) is 3.21. The summed E-state index contributed by atoms with van der Waals surface area (Å²) in [6.07, 6.45) is -0.879. The molecule has 1 atom stereocenters. The molecule has 8 nitrogen and oxygen atoms in total. The predicted molar refractivity (Wildman–Crippen MR) is 120 cm³/mol. The van der Waals surface area contributed by atoms with Gasteiger partial charge in [-0.15, -0.1) is 0 Å². The van der Waals surface area contributed by atoms with Crippen molar-refractivity contribution in [2.24, 2.45) is 11.8 Å². The van der Waals surface area contributed by atoms with E-state index in [4.69, 9.17) is 28.4 Å². The minimum Gasteiger partial charge on any atom is -0.493 e. The molecule has 0 N–H and O–H groups in total. The van der Waals surface area contributed by atoms with Gasteiger partial charge >= 0.3 is 11.9 Å². The number of carbonyl (C=O) groups is 2. The van der Waals surface area contributed by atoms with Crippen molar-refractivity contribution in [3.8, 4) is 11.5 Å². The number of esters is 2. The molecule has 0 radical (unpaired) electrons. The average molecular weight is 455 g/mol. The van der Waals surface area contributed by atoms with E-state index in [1.807, 2.05) is 27.7 Å². The molecule has 0 aliphatic rings. The van der Waals surface area contributed by atoms with Gasteiger partial charge in [-0.25, -0.2) is 0 Å². The molecule has 1 aromatic carbocycles. The smallest absolute Gasteiger partial charge is 0.321 e. The lowest BCUT2D eigenvalue weighted by molar-refractivity contribution is -0.183. The summed E-state index contributed by atoms with van der Waals surface area (Å²) in [4.78, 5) is 25.8. The van der Waals surface area contributed by atoms with Gasteiger partial charge in [0.15, 0.2) is 23.7 Å². The van der Waals surface area contributed by atoms with E-state index in [9.17, 15) is 9.59 Å². The highest BCUT2D eigenvalue weighted by atomic mass is 16.7. The molecule has 32 heavy (non-hydrogen) atoms. The number of hydrogen-bond acceptors (Lipinski definition) is 8. The monoisotopic (exact) mass is 454 g/mol. The Hall–Kier alpha value is -2.32. The molecule has 0 aromatic heterocycles. The summed E-state index contributed by atoms with van der Waals surface area (Å²) < 4.78 is 33.5. The maximum Gasteiger partial charge on any atom is 0.321 e. The van der Waals surface area contributed by atoms with Gasteiger partial charge in [0.25, 0.3) is 0 Å². The lowest BCUT2D eigenvalue weighted by atomic mass is 9.84. The fourth-order valence-corrected chi connectivity index (χ4v) is 3.21. The summed E-state index contributed by atoms with van der Waals surface area (Å²) in [6, 6.07) is 5.25. The Morgan fingerprint density at radius 3 is 1.84 bits per heavy atom. The Labute approximate surface area is 191 Å². The third-order valence-electron chi connectivity index (χ3n) is 4.54. The van der Waals surface area contributed by atoms with Gasteiger partial charge in [0.2, 0.25) is 0 Å². The van der Waals surface area contributed by atoms with Crippen molar-refractivity contribution in [2.75, 3.05) is 40.1 Å². The average Bonchev–Trinajstić information content (AvgIpc) is 2.75. The van der Waals surface area contributed by atoms with Gasteiger partial charge in [0, 0.05) is 13.2 Å². The first kappa shape index (κ1) is 27.7. The van der Waals surface area contributed by atoms with Gasteiger partial charge in [-0.1, -0.05) is 19.9 Å².